The highest BCUT2D eigenvalue weighted by molar-refractivity contribution is 5.43. The lowest BCUT2D eigenvalue weighted by Crippen LogP contribution is -2.42. The molecule has 5 nitrogen and oxygen atoms in total. The van der Waals surface area contributed by atoms with E-state index in [1.165, 1.54) is 57.8 Å². The minimum atomic E-state index is 0.412. The van der Waals surface area contributed by atoms with Crippen molar-refractivity contribution < 1.29 is 0 Å². The van der Waals surface area contributed by atoms with Gasteiger partial charge in [-0.1, -0.05) is 38.5 Å². The average Bonchev–Trinajstić information content (AvgIpc) is 3.01. The standard InChI is InChI=1S/C23H37N5/c1-2-3-4-5-6-9-16-27-17-12-13-21(20-27)25-23-24-15-14-22(26-23)28-18-10-7-8-11-19-28/h14-15,21H,2-5,7-8,10-13,16-20H2,1H3,(H,24,25,26). The monoisotopic (exact) mass is 383 g/mol. The Morgan fingerprint density at radius 3 is 2.75 bits per heavy atom. The molecule has 2 fully saturated rings. The van der Waals surface area contributed by atoms with Crippen molar-refractivity contribution in [2.24, 2.45) is 0 Å². The van der Waals surface area contributed by atoms with Crippen LogP contribution in [0.15, 0.2) is 12.3 Å². The maximum Gasteiger partial charge on any atom is 0.224 e. The van der Waals surface area contributed by atoms with E-state index in [1.54, 1.807) is 0 Å². The van der Waals surface area contributed by atoms with Crippen LogP contribution in [0.2, 0.25) is 0 Å². The molecular weight excluding hydrogens is 346 g/mol. The highest BCUT2D eigenvalue weighted by Gasteiger charge is 2.20. The van der Waals surface area contributed by atoms with Gasteiger partial charge in [0.1, 0.15) is 5.82 Å². The Labute approximate surface area is 171 Å². The van der Waals surface area contributed by atoms with E-state index in [2.05, 4.69) is 44.9 Å². The molecule has 0 spiro atoms. The van der Waals surface area contributed by atoms with Crippen LogP contribution in [-0.2, 0) is 0 Å². The molecule has 0 bridgehead atoms. The van der Waals surface area contributed by atoms with E-state index >= 15 is 0 Å². The highest BCUT2D eigenvalue weighted by Crippen LogP contribution is 2.19. The van der Waals surface area contributed by atoms with Crippen molar-refractivity contribution in [2.75, 3.05) is 42.9 Å². The van der Waals surface area contributed by atoms with E-state index in [0.717, 1.165) is 50.9 Å². The van der Waals surface area contributed by atoms with Crippen molar-refractivity contribution in [3.63, 3.8) is 0 Å². The van der Waals surface area contributed by atoms with Crippen LogP contribution in [0, 0.1) is 11.8 Å². The minimum Gasteiger partial charge on any atom is -0.356 e. The molecule has 2 saturated heterocycles. The molecule has 2 aliphatic heterocycles. The van der Waals surface area contributed by atoms with Crippen LogP contribution in [0.1, 0.15) is 71.1 Å². The lowest BCUT2D eigenvalue weighted by Gasteiger charge is -2.32. The van der Waals surface area contributed by atoms with E-state index in [9.17, 15) is 0 Å². The van der Waals surface area contributed by atoms with E-state index in [0.29, 0.717) is 6.04 Å². The van der Waals surface area contributed by atoms with Crippen LogP contribution in [0.4, 0.5) is 11.8 Å². The number of rotatable bonds is 7. The quantitative estimate of drug-likeness (QED) is 0.561. The Morgan fingerprint density at radius 1 is 1.07 bits per heavy atom. The van der Waals surface area contributed by atoms with Gasteiger partial charge < -0.3 is 10.2 Å². The summed E-state index contributed by atoms with van der Waals surface area (Å²) in [4.78, 5) is 14.2. The molecule has 3 heterocycles. The molecule has 0 saturated carbocycles. The fourth-order valence-corrected chi connectivity index (χ4v) is 4.11. The second-order valence-electron chi connectivity index (χ2n) is 8.17. The normalized spacial score (nSPS) is 20.9. The first-order valence-electron chi connectivity index (χ1n) is 11.4. The van der Waals surface area contributed by atoms with Gasteiger partial charge >= 0.3 is 0 Å². The first-order valence-corrected chi connectivity index (χ1v) is 11.4. The molecule has 0 radical (unpaired) electrons. The summed E-state index contributed by atoms with van der Waals surface area (Å²) >= 11 is 0. The molecule has 1 aromatic rings. The Morgan fingerprint density at radius 2 is 1.93 bits per heavy atom. The van der Waals surface area contributed by atoms with Gasteiger partial charge in [0.2, 0.25) is 5.95 Å². The first kappa shape index (κ1) is 20.9. The molecule has 28 heavy (non-hydrogen) atoms. The molecule has 0 aromatic carbocycles. The van der Waals surface area contributed by atoms with Crippen molar-refractivity contribution in [1.29, 1.82) is 0 Å². The number of hydrogen-bond donors (Lipinski definition) is 1. The summed E-state index contributed by atoms with van der Waals surface area (Å²) < 4.78 is 0. The lowest BCUT2D eigenvalue weighted by atomic mass is 10.1. The van der Waals surface area contributed by atoms with Gasteiger partial charge in [0, 0.05) is 38.3 Å². The summed E-state index contributed by atoms with van der Waals surface area (Å²) in [5, 5.41) is 3.59. The molecular formula is C23H37N5. The van der Waals surface area contributed by atoms with Gasteiger partial charge in [-0.3, -0.25) is 4.90 Å². The Balaban J connectivity index is 1.48. The van der Waals surface area contributed by atoms with E-state index < -0.39 is 0 Å². The van der Waals surface area contributed by atoms with Crippen LogP contribution in [0.3, 0.4) is 0 Å². The van der Waals surface area contributed by atoms with E-state index in [1.807, 2.05) is 6.20 Å². The fraction of sp³-hybridized carbons (Fsp3) is 0.739. The molecule has 1 N–H and O–H groups in total. The smallest absolute Gasteiger partial charge is 0.224 e. The number of likely N-dealkylation sites (tertiary alicyclic amines) is 1. The number of nitrogens with zero attached hydrogens (tertiary/aromatic N) is 4. The Hall–Kier alpha value is -1.80. The van der Waals surface area contributed by atoms with Gasteiger partial charge in [-0.25, -0.2) is 4.98 Å². The largest absolute Gasteiger partial charge is 0.356 e. The van der Waals surface area contributed by atoms with Crippen LogP contribution >= 0.6 is 0 Å². The molecule has 3 rings (SSSR count). The number of anilines is 2. The number of nitrogens with one attached hydrogen (secondary N) is 1. The molecule has 0 amide bonds. The molecule has 2 aliphatic rings. The Kier molecular flexibility index (Phi) is 8.90. The highest BCUT2D eigenvalue weighted by atomic mass is 15.2. The van der Waals surface area contributed by atoms with E-state index in [4.69, 9.17) is 4.98 Å². The van der Waals surface area contributed by atoms with Crippen LogP contribution in [0.25, 0.3) is 0 Å². The van der Waals surface area contributed by atoms with Gasteiger partial charge in [-0.15, -0.1) is 5.92 Å². The van der Waals surface area contributed by atoms with Gasteiger partial charge in [0.25, 0.3) is 0 Å². The molecule has 1 aromatic heterocycles. The Bertz CT molecular complexity index is 627. The second kappa shape index (κ2) is 11.9. The zero-order valence-electron chi connectivity index (χ0n) is 17.6. The average molecular weight is 384 g/mol. The van der Waals surface area contributed by atoms with Crippen molar-refractivity contribution in [2.45, 2.75) is 77.2 Å². The SMILES string of the molecule is CCCCCC#CCN1CCCC(Nc2nccc(N3CCCCCC3)n2)C1. The molecule has 0 aliphatic carbocycles. The zero-order chi connectivity index (χ0) is 19.4. The lowest BCUT2D eigenvalue weighted by molar-refractivity contribution is 0.240. The third-order valence-corrected chi connectivity index (χ3v) is 5.74. The topological polar surface area (TPSA) is 44.3 Å². The number of unbranched alkanes of at least 4 members (excludes halogenated alkanes) is 3. The third kappa shape index (κ3) is 6.98. The number of aromatic nitrogens is 2. The van der Waals surface area contributed by atoms with Crippen molar-refractivity contribution >= 4 is 11.8 Å². The van der Waals surface area contributed by atoms with Crippen LogP contribution in [-0.4, -0.2) is 53.6 Å². The number of hydrogen-bond acceptors (Lipinski definition) is 5. The fourth-order valence-electron chi connectivity index (χ4n) is 4.11. The predicted octanol–water partition coefficient (Wildman–Crippen LogP) is 4.32. The van der Waals surface area contributed by atoms with Gasteiger partial charge in [0.05, 0.1) is 6.54 Å². The number of piperidine rings is 1. The molecule has 5 heteroatoms. The summed E-state index contributed by atoms with van der Waals surface area (Å²) in [6.07, 6.45) is 14.3. The zero-order valence-corrected chi connectivity index (χ0v) is 17.6. The molecule has 1 unspecified atom stereocenters. The van der Waals surface area contributed by atoms with Gasteiger partial charge in [-0.05, 0) is 44.7 Å². The van der Waals surface area contributed by atoms with Gasteiger partial charge in [0.15, 0.2) is 0 Å². The summed E-state index contributed by atoms with van der Waals surface area (Å²) in [7, 11) is 0. The second-order valence-corrected chi connectivity index (χ2v) is 8.17. The summed E-state index contributed by atoms with van der Waals surface area (Å²) in [5.41, 5.74) is 0. The van der Waals surface area contributed by atoms with Crippen molar-refractivity contribution in [1.82, 2.24) is 14.9 Å². The summed E-state index contributed by atoms with van der Waals surface area (Å²) in [5.74, 6) is 8.56. The van der Waals surface area contributed by atoms with Crippen LogP contribution in [0.5, 0.6) is 0 Å². The maximum absolute atomic E-state index is 4.82. The minimum absolute atomic E-state index is 0.412. The summed E-state index contributed by atoms with van der Waals surface area (Å²) in [6.45, 7) is 7.53. The van der Waals surface area contributed by atoms with Crippen molar-refractivity contribution in [3.8, 4) is 11.8 Å². The van der Waals surface area contributed by atoms with Crippen molar-refractivity contribution in [3.05, 3.63) is 12.3 Å². The predicted molar refractivity (Wildman–Crippen MR) is 118 cm³/mol. The maximum atomic E-state index is 4.82. The third-order valence-electron chi connectivity index (χ3n) is 5.74. The van der Waals surface area contributed by atoms with Gasteiger partial charge in [-0.2, -0.15) is 4.98 Å². The van der Waals surface area contributed by atoms with Crippen LogP contribution < -0.4 is 10.2 Å². The molecule has 154 valence electrons. The van der Waals surface area contributed by atoms with E-state index in [-0.39, 0.29) is 0 Å². The first-order chi connectivity index (χ1) is 13.8. The summed E-state index contributed by atoms with van der Waals surface area (Å²) in [6, 6.07) is 2.47. The molecule has 1 atom stereocenters.